The summed E-state index contributed by atoms with van der Waals surface area (Å²) in [5.74, 6) is -3.59. The topological polar surface area (TPSA) is 47.3 Å². The number of aliphatic hydroxyl groups excluding tert-OH is 1. The highest BCUT2D eigenvalue weighted by molar-refractivity contribution is 4.94. The van der Waals surface area contributed by atoms with Crippen LogP contribution in [-0.4, -0.2) is 46.3 Å². The number of aryl methyl sites for hydroxylation is 1. The lowest BCUT2D eigenvalue weighted by Crippen LogP contribution is -2.34. The summed E-state index contributed by atoms with van der Waals surface area (Å²) in [7, 11) is 0. The van der Waals surface area contributed by atoms with Crippen molar-refractivity contribution in [2.45, 2.75) is 44.8 Å². The number of aliphatic hydroxyl groups is 1. The lowest BCUT2D eigenvalue weighted by Gasteiger charge is -2.17. The van der Waals surface area contributed by atoms with Crippen molar-refractivity contribution in [2.24, 2.45) is 0 Å². The second kappa shape index (κ2) is 7.58. The summed E-state index contributed by atoms with van der Waals surface area (Å²) in [5, 5.41) is 9.64. The molecule has 0 spiro atoms. The van der Waals surface area contributed by atoms with Gasteiger partial charge in [-0.1, -0.05) is 6.92 Å². The van der Waals surface area contributed by atoms with Crippen molar-refractivity contribution in [3.63, 3.8) is 0 Å². The molecule has 0 bridgehead atoms. The highest BCUT2D eigenvalue weighted by atomic mass is 19.3. The molecule has 1 aromatic heterocycles. The minimum Gasteiger partial charge on any atom is -0.390 e. The highest BCUT2D eigenvalue weighted by Gasteiger charge is 2.41. The highest BCUT2D eigenvalue weighted by Crippen LogP contribution is 2.22. The van der Waals surface area contributed by atoms with Crippen LogP contribution < -0.4 is 0 Å². The van der Waals surface area contributed by atoms with E-state index in [0.29, 0.717) is 5.82 Å². The minimum atomic E-state index is -4.19. The largest absolute Gasteiger partial charge is 0.390 e. The Hall–Kier alpha value is -1.15. The van der Waals surface area contributed by atoms with E-state index >= 15 is 0 Å². The van der Waals surface area contributed by atoms with Crippen molar-refractivity contribution in [1.82, 2.24) is 9.55 Å². The van der Waals surface area contributed by atoms with Gasteiger partial charge in [-0.2, -0.15) is 8.78 Å². The fourth-order valence-electron chi connectivity index (χ4n) is 1.64. The first-order valence-electron chi connectivity index (χ1n) is 6.28. The Kier molecular flexibility index (Phi) is 6.41. The molecule has 1 N–H and O–H groups in total. The van der Waals surface area contributed by atoms with Crippen molar-refractivity contribution in [2.75, 3.05) is 13.2 Å². The van der Waals surface area contributed by atoms with Gasteiger partial charge in [-0.15, -0.1) is 0 Å². The van der Waals surface area contributed by atoms with E-state index in [1.54, 1.807) is 12.4 Å². The number of halogens is 4. The lowest BCUT2D eigenvalue weighted by molar-refractivity contribution is -0.170. The SMILES string of the molecule is CCCn1ccnc1CC(O)COCC(F)(F)C(F)F. The fourth-order valence-corrected chi connectivity index (χ4v) is 1.64. The van der Waals surface area contributed by atoms with Crippen LogP contribution in [0.25, 0.3) is 0 Å². The predicted octanol–water partition coefficient (Wildman–Crippen LogP) is 2.11. The van der Waals surface area contributed by atoms with Crippen molar-refractivity contribution >= 4 is 0 Å². The number of hydrogen-bond donors (Lipinski definition) is 1. The molecule has 0 saturated carbocycles. The molecular weight excluding hydrogens is 280 g/mol. The van der Waals surface area contributed by atoms with E-state index in [-0.39, 0.29) is 6.42 Å². The van der Waals surface area contributed by atoms with Gasteiger partial charge in [0.05, 0.1) is 12.7 Å². The summed E-state index contributed by atoms with van der Waals surface area (Å²) in [6.45, 7) is 0.856. The molecular formula is C12H18F4N2O2. The summed E-state index contributed by atoms with van der Waals surface area (Å²) in [6, 6.07) is 0. The molecule has 1 rings (SSSR count). The quantitative estimate of drug-likeness (QED) is 0.710. The fraction of sp³-hybridized carbons (Fsp3) is 0.750. The molecule has 1 aromatic rings. The zero-order valence-electron chi connectivity index (χ0n) is 11.1. The predicted molar refractivity (Wildman–Crippen MR) is 64.0 cm³/mol. The van der Waals surface area contributed by atoms with Gasteiger partial charge in [0.2, 0.25) is 0 Å². The van der Waals surface area contributed by atoms with Gasteiger partial charge in [0.25, 0.3) is 0 Å². The van der Waals surface area contributed by atoms with Crippen molar-refractivity contribution in [3.05, 3.63) is 18.2 Å². The normalized spacial score (nSPS) is 13.9. The van der Waals surface area contributed by atoms with E-state index in [1.165, 1.54) is 0 Å². The number of rotatable bonds is 9. The number of ether oxygens (including phenoxy) is 1. The van der Waals surface area contributed by atoms with E-state index in [0.717, 1.165) is 13.0 Å². The first kappa shape index (κ1) is 16.9. The summed E-state index contributed by atoms with van der Waals surface area (Å²) in [6.07, 6.45) is -0.519. The molecule has 1 heterocycles. The summed E-state index contributed by atoms with van der Waals surface area (Å²) < 4.78 is 55.2. The number of hydrogen-bond acceptors (Lipinski definition) is 3. The molecule has 8 heteroatoms. The van der Waals surface area contributed by atoms with Gasteiger partial charge >= 0.3 is 12.3 Å². The molecule has 0 radical (unpaired) electrons. The van der Waals surface area contributed by atoms with E-state index < -0.39 is 31.7 Å². The van der Waals surface area contributed by atoms with Crippen LogP contribution in [0, 0.1) is 0 Å². The maximum Gasteiger partial charge on any atom is 0.330 e. The Morgan fingerprint density at radius 1 is 1.45 bits per heavy atom. The minimum absolute atomic E-state index is 0.118. The number of aromatic nitrogens is 2. The van der Waals surface area contributed by atoms with Crippen LogP contribution >= 0.6 is 0 Å². The van der Waals surface area contributed by atoms with Crippen LogP contribution in [-0.2, 0) is 17.7 Å². The summed E-state index contributed by atoms with van der Waals surface area (Å²) in [4.78, 5) is 4.04. The van der Waals surface area contributed by atoms with Crippen molar-refractivity contribution < 1.29 is 27.4 Å². The third kappa shape index (κ3) is 5.09. The van der Waals surface area contributed by atoms with Crippen molar-refractivity contribution in [3.8, 4) is 0 Å². The van der Waals surface area contributed by atoms with Crippen LogP contribution in [0.5, 0.6) is 0 Å². The van der Waals surface area contributed by atoms with Gasteiger partial charge in [-0.05, 0) is 6.42 Å². The number of alkyl halides is 4. The second-order valence-electron chi connectivity index (χ2n) is 4.47. The molecule has 4 nitrogen and oxygen atoms in total. The number of nitrogens with zero attached hydrogens (tertiary/aromatic N) is 2. The second-order valence-corrected chi connectivity index (χ2v) is 4.47. The van der Waals surface area contributed by atoms with Crippen LogP contribution in [0.2, 0.25) is 0 Å². The van der Waals surface area contributed by atoms with Gasteiger partial charge in [0.15, 0.2) is 0 Å². The smallest absolute Gasteiger partial charge is 0.330 e. The first-order valence-corrected chi connectivity index (χ1v) is 6.28. The third-order valence-corrected chi connectivity index (χ3v) is 2.61. The Morgan fingerprint density at radius 2 is 2.15 bits per heavy atom. The average Bonchev–Trinajstić information content (AvgIpc) is 2.76. The average molecular weight is 298 g/mol. The van der Waals surface area contributed by atoms with Crippen LogP contribution in [0.4, 0.5) is 17.6 Å². The zero-order chi connectivity index (χ0) is 15.2. The van der Waals surface area contributed by atoms with Crippen molar-refractivity contribution in [1.29, 1.82) is 0 Å². The molecule has 0 fully saturated rings. The molecule has 0 aromatic carbocycles. The van der Waals surface area contributed by atoms with E-state index in [4.69, 9.17) is 0 Å². The van der Waals surface area contributed by atoms with E-state index in [1.807, 2.05) is 11.5 Å². The zero-order valence-corrected chi connectivity index (χ0v) is 11.1. The van der Waals surface area contributed by atoms with Gasteiger partial charge in [-0.3, -0.25) is 0 Å². The van der Waals surface area contributed by atoms with Crippen LogP contribution in [0.15, 0.2) is 12.4 Å². The van der Waals surface area contributed by atoms with Gasteiger partial charge in [0, 0.05) is 25.4 Å². The Balaban J connectivity index is 2.37. The molecule has 1 atom stereocenters. The molecule has 116 valence electrons. The summed E-state index contributed by atoms with van der Waals surface area (Å²) in [5.41, 5.74) is 0. The van der Waals surface area contributed by atoms with Gasteiger partial charge < -0.3 is 14.4 Å². The standard InChI is InChI=1S/C12H18F4N2O2/c1-2-4-18-5-3-17-10(18)6-9(19)7-20-8-12(15,16)11(13)14/h3,5,9,11,19H,2,4,6-8H2,1H3. The maximum atomic E-state index is 12.6. The Morgan fingerprint density at radius 3 is 2.75 bits per heavy atom. The molecule has 0 aliphatic carbocycles. The Labute approximate surface area is 114 Å². The lowest BCUT2D eigenvalue weighted by atomic mass is 10.2. The molecule has 0 saturated heterocycles. The molecule has 1 unspecified atom stereocenters. The van der Waals surface area contributed by atoms with Gasteiger partial charge in [-0.25, -0.2) is 13.8 Å². The third-order valence-electron chi connectivity index (χ3n) is 2.61. The Bertz CT molecular complexity index is 399. The molecule has 0 amide bonds. The monoisotopic (exact) mass is 298 g/mol. The van der Waals surface area contributed by atoms with E-state index in [2.05, 4.69) is 9.72 Å². The molecule has 0 aliphatic heterocycles. The van der Waals surface area contributed by atoms with Crippen LogP contribution in [0.1, 0.15) is 19.2 Å². The molecule has 0 aliphatic rings. The molecule has 20 heavy (non-hydrogen) atoms. The maximum absolute atomic E-state index is 12.6. The van der Waals surface area contributed by atoms with Crippen LogP contribution in [0.3, 0.4) is 0 Å². The van der Waals surface area contributed by atoms with E-state index in [9.17, 15) is 22.7 Å². The number of imidazole rings is 1. The summed E-state index contributed by atoms with van der Waals surface area (Å²) >= 11 is 0. The first-order chi connectivity index (χ1) is 9.36. The van der Waals surface area contributed by atoms with Gasteiger partial charge in [0.1, 0.15) is 12.4 Å².